The molecule has 0 aromatic rings. The number of esters is 1. The summed E-state index contributed by atoms with van der Waals surface area (Å²) in [5.41, 5.74) is 0. The van der Waals surface area contributed by atoms with E-state index in [1.54, 1.807) is 0 Å². The molecule has 0 aromatic heterocycles. The third kappa shape index (κ3) is 2.21. The molecule has 1 rings (SSSR count). The Morgan fingerprint density at radius 1 is 1.67 bits per heavy atom. The molecule has 12 heavy (non-hydrogen) atoms. The molecule has 3 atom stereocenters. The van der Waals surface area contributed by atoms with Gasteiger partial charge in [0.1, 0.15) is 0 Å². The molecule has 0 spiro atoms. The molecule has 0 bridgehead atoms. The molecule has 1 saturated heterocycles. The van der Waals surface area contributed by atoms with E-state index in [9.17, 15) is 4.79 Å². The summed E-state index contributed by atoms with van der Waals surface area (Å²) in [6, 6.07) is 0. The van der Waals surface area contributed by atoms with Gasteiger partial charge in [-0.25, -0.2) is 0 Å². The normalized spacial score (nSPS) is 35.1. The molecule has 1 fully saturated rings. The second-order valence-corrected chi connectivity index (χ2v) is 3.33. The fraction of sp³-hybridized carbons (Fsp3) is 0.889. The number of carbonyl (C=O) groups excluding carboxylic acids is 1. The van der Waals surface area contributed by atoms with Crippen molar-refractivity contribution in [2.24, 2.45) is 5.92 Å². The van der Waals surface area contributed by atoms with E-state index < -0.39 is 0 Å². The van der Waals surface area contributed by atoms with Crippen molar-refractivity contribution in [3.63, 3.8) is 0 Å². The molecule has 1 unspecified atom stereocenters. The summed E-state index contributed by atoms with van der Waals surface area (Å²) in [6.07, 6.45) is 1.77. The van der Waals surface area contributed by atoms with Gasteiger partial charge in [-0.05, 0) is 12.3 Å². The summed E-state index contributed by atoms with van der Waals surface area (Å²) in [5, 5.41) is 0. The van der Waals surface area contributed by atoms with Crippen LogP contribution in [0.25, 0.3) is 0 Å². The molecule has 0 aliphatic carbocycles. The van der Waals surface area contributed by atoms with Crippen molar-refractivity contribution < 1.29 is 14.3 Å². The Labute approximate surface area is 73.0 Å². The van der Waals surface area contributed by atoms with E-state index in [1.165, 1.54) is 6.92 Å². The minimum absolute atomic E-state index is 0.259. The van der Waals surface area contributed by atoms with Crippen molar-refractivity contribution in [2.45, 2.75) is 46.0 Å². The standard InChI is InChI=1S/C9H16O3/c1-4-8-6(2)5-9(12-8)11-7(3)10/h6,8-9H,4-5H2,1-3H3/t6-,8+,9?/m0/s1. The first-order valence-corrected chi connectivity index (χ1v) is 4.46. The molecule has 0 N–H and O–H groups in total. The van der Waals surface area contributed by atoms with Gasteiger partial charge in [-0.15, -0.1) is 0 Å². The minimum atomic E-state index is -0.303. The fourth-order valence-electron chi connectivity index (χ4n) is 1.60. The van der Waals surface area contributed by atoms with E-state index in [4.69, 9.17) is 9.47 Å². The fourth-order valence-corrected chi connectivity index (χ4v) is 1.60. The quantitative estimate of drug-likeness (QED) is 0.595. The molecule has 0 saturated carbocycles. The Morgan fingerprint density at radius 3 is 2.75 bits per heavy atom. The van der Waals surface area contributed by atoms with Crippen molar-refractivity contribution >= 4 is 5.97 Å². The Bertz CT molecular complexity index is 167. The van der Waals surface area contributed by atoms with Crippen LogP contribution in [0.4, 0.5) is 0 Å². The van der Waals surface area contributed by atoms with Gasteiger partial charge in [0.15, 0.2) is 0 Å². The van der Waals surface area contributed by atoms with Gasteiger partial charge in [-0.2, -0.15) is 0 Å². The predicted molar refractivity (Wildman–Crippen MR) is 44.5 cm³/mol. The number of ether oxygens (including phenoxy) is 2. The van der Waals surface area contributed by atoms with E-state index in [2.05, 4.69) is 13.8 Å². The molecular formula is C9H16O3. The van der Waals surface area contributed by atoms with Crippen LogP contribution in [0.15, 0.2) is 0 Å². The summed E-state index contributed by atoms with van der Waals surface area (Å²) in [4.78, 5) is 10.6. The van der Waals surface area contributed by atoms with Gasteiger partial charge in [0.25, 0.3) is 0 Å². The number of carbonyl (C=O) groups is 1. The van der Waals surface area contributed by atoms with Crippen LogP contribution in [0.3, 0.4) is 0 Å². The molecule has 3 heteroatoms. The molecule has 0 amide bonds. The van der Waals surface area contributed by atoms with Crippen LogP contribution in [-0.4, -0.2) is 18.4 Å². The van der Waals surface area contributed by atoms with Gasteiger partial charge in [-0.3, -0.25) is 4.79 Å². The highest BCUT2D eigenvalue weighted by atomic mass is 16.7. The first-order chi connectivity index (χ1) is 5.63. The highest BCUT2D eigenvalue weighted by Gasteiger charge is 2.32. The van der Waals surface area contributed by atoms with Crippen molar-refractivity contribution in [3.8, 4) is 0 Å². The van der Waals surface area contributed by atoms with Crippen LogP contribution in [-0.2, 0) is 14.3 Å². The zero-order chi connectivity index (χ0) is 9.14. The highest BCUT2D eigenvalue weighted by molar-refractivity contribution is 5.66. The zero-order valence-corrected chi connectivity index (χ0v) is 7.87. The van der Waals surface area contributed by atoms with Gasteiger partial charge in [0, 0.05) is 13.3 Å². The maximum Gasteiger partial charge on any atom is 0.304 e. The average molecular weight is 172 g/mol. The van der Waals surface area contributed by atoms with E-state index in [0.717, 1.165) is 12.8 Å². The summed E-state index contributed by atoms with van der Waals surface area (Å²) in [7, 11) is 0. The van der Waals surface area contributed by atoms with Crippen LogP contribution < -0.4 is 0 Å². The number of rotatable bonds is 2. The Balaban J connectivity index is 2.37. The third-order valence-electron chi connectivity index (χ3n) is 2.23. The van der Waals surface area contributed by atoms with Crippen LogP contribution in [0.5, 0.6) is 0 Å². The summed E-state index contributed by atoms with van der Waals surface area (Å²) in [5.74, 6) is 0.239. The van der Waals surface area contributed by atoms with Crippen LogP contribution in [0, 0.1) is 5.92 Å². The smallest absolute Gasteiger partial charge is 0.304 e. The van der Waals surface area contributed by atoms with Crippen molar-refractivity contribution in [2.75, 3.05) is 0 Å². The molecular weight excluding hydrogens is 156 g/mol. The molecule has 1 heterocycles. The predicted octanol–water partition coefficient (Wildman–Crippen LogP) is 1.71. The first-order valence-electron chi connectivity index (χ1n) is 4.46. The van der Waals surface area contributed by atoms with E-state index in [-0.39, 0.29) is 18.4 Å². The van der Waals surface area contributed by atoms with Gasteiger partial charge in [-0.1, -0.05) is 13.8 Å². The molecule has 1 aliphatic rings. The lowest BCUT2D eigenvalue weighted by Crippen LogP contribution is -2.16. The molecule has 70 valence electrons. The van der Waals surface area contributed by atoms with E-state index in [1.807, 2.05) is 0 Å². The largest absolute Gasteiger partial charge is 0.436 e. The van der Waals surface area contributed by atoms with E-state index >= 15 is 0 Å². The summed E-state index contributed by atoms with van der Waals surface area (Å²) in [6.45, 7) is 5.61. The lowest BCUT2D eigenvalue weighted by atomic mass is 10.0. The first kappa shape index (κ1) is 9.52. The van der Waals surface area contributed by atoms with Crippen LogP contribution in [0.1, 0.15) is 33.6 Å². The van der Waals surface area contributed by atoms with Gasteiger partial charge in [0.2, 0.25) is 6.29 Å². The monoisotopic (exact) mass is 172 g/mol. The lowest BCUT2D eigenvalue weighted by Gasteiger charge is -2.12. The van der Waals surface area contributed by atoms with Crippen LogP contribution in [0.2, 0.25) is 0 Å². The molecule has 0 radical (unpaired) electrons. The second-order valence-electron chi connectivity index (χ2n) is 3.33. The molecule has 3 nitrogen and oxygen atoms in total. The highest BCUT2D eigenvalue weighted by Crippen LogP contribution is 2.28. The van der Waals surface area contributed by atoms with Gasteiger partial charge < -0.3 is 9.47 Å². The SMILES string of the molecule is CC[C@H]1OC(OC(C)=O)C[C@@H]1C. The average Bonchev–Trinajstić information content (AvgIpc) is 2.29. The van der Waals surface area contributed by atoms with Gasteiger partial charge in [0.05, 0.1) is 6.10 Å². The second kappa shape index (κ2) is 3.90. The number of hydrogen-bond donors (Lipinski definition) is 0. The van der Waals surface area contributed by atoms with E-state index in [0.29, 0.717) is 5.92 Å². The lowest BCUT2D eigenvalue weighted by molar-refractivity contribution is -0.172. The Kier molecular flexibility index (Phi) is 3.09. The Morgan fingerprint density at radius 2 is 2.33 bits per heavy atom. The van der Waals surface area contributed by atoms with Crippen molar-refractivity contribution in [1.29, 1.82) is 0 Å². The summed E-state index contributed by atoms with van der Waals surface area (Å²) < 4.78 is 10.4. The van der Waals surface area contributed by atoms with Crippen molar-refractivity contribution in [3.05, 3.63) is 0 Å². The number of hydrogen-bond acceptors (Lipinski definition) is 3. The maximum atomic E-state index is 10.6. The maximum absolute atomic E-state index is 10.6. The van der Waals surface area contributed by atoms with Crippen molar-refractivity contribution in [1.82, 2.24) is 0 Å². The Hall–Kier alpha value is -0.570. The zero-order valence-electron chi connectivity index (χ0n) is 7.87. The molecule has 1 aliphatic heterocycles. The molecule has 0 aromatic carbocycles. The topological polar surface area (TPSA) is 35.5 Å². The van der Waals surface area contributed by atoms with Gasteiger partial charge >= 0.3 is 5.97 Å². The van der Waals surface area contributed by atoms with Crippen LogP contribution >= 0.6 is 0 Å². The third-order valence-corrected chi connectivity index (χ3v) is 2.23. The summed E-state index contributed by atoms with van der Waals surface area (Å²) >= 11 is 0. The minimum Gasteiger partial charge on any atom is -0.436 e.